The molecule has 1 amide bonds. The van der Waals surface area contributed by atoms with E-state index in [9.17, 15) is 4.79 Å². The van der Waals surface area contributed by atoms with Gasteiger partial charge in [-0.3, -0.25) is 4.79 Å². The van der Waals surface area contributed by atoms with Crippen LogP contribution in [0.25, 0.3) is 0 Å². The molecular formula is C9H14N4OS. The predicted octanol–water partition coefficient (Wildman–Crippen LogP) is 1.01. The van der Waals surface area contributed by atoms with Gasteiger partial charge in [0.1, 0.15) is 5.00 Å². The Morgan fingerprint density at radius 1 is 1.67 bits per heavy atom. The summed E-state index contributed by atoms with van der Waals surface area (Å²) in [5, 5.41) is 10.5. The molecule has 1 aromatic heterocycles. The summed E-state index contributed by atoms with van der Waals surface area (Å²) in [5.74, 6) is 0.00764. The third kappa shape index (κ3) is 2.32. The van der Waals surface area contributed by atoms with Crippen molar-refractivity contribution in [3.05, 3.63) is 6.20 Å². The fourth-order valence-electron chi connectivity index (χ4n) is 1.72. The highest BCUT2D eigenvalue weighted by atomic mass is 32.1. The van der Waals surface area contributed by atoms with Crippen LogP contribution in [0.15, 0.2) is 6.20 Å². The standard InChI is InChI=1S/C9H14N4OS/c1-9(4-2-3-5-10-9)8(14)12-7-6-11-13-15-7/h6,10H,2-5H2,1H3,(H,12,14). The molecule has 0 saturated carbocycles. The summed E-state index contributed by atoms with van der Waals surface area (Å²) in [7, 11) is 0. The van der Waals surface area contributed by atoms with Gasteiger partial charge in [-0.15, -0.1) is 5.10 Å². The average molecular weight is 226 g/mol. The maximum atomic E-state index is 12.0. The Bertz CT molecular complexity index is 332. The zero-order valence-corrected chi connectivity index (χ0v) is 9.43. The van der Waals surface area contributed by atoms with Crippen LogP contribution in [0.2, 0.25) is 0 Å². The maximum absolute atomic E-state index is 12.0. The Morgan fingerprint density at radius 3 is 3.13 bits per heavy atom. The lowest BCUT2D eigenvalue weighted by atomic mass is 9.90. The number of nitrogens with zero attached hydrogens (tertiary/aromatic N) is 2. The quantitative estimate of drug-likeness (QED) is 0.789. The molecule has 6 heteroatoms. The predicted molar refractivity (Wildman–Crippen MR) is 58.8 cm³/mol. The van der Waals surface area contributed by atoms with Crippen LogP contribution in [0.4, 0.5) is 5.00 Å². The van der Waals surface area contributed by atoms with Crippen LogP contribution in [0.3, 0.4) is 0 Å². The summed E-state index contributed by atoms with van der Waals surface area (Å²) in [5.41, 5.74) is -0.442. The molecule has 1 unspecified atom stereocenters. The largest absolute Gasteiger partial charge is 0.313 e. The molecule has 1 aromatic rings. The lowest BCUT2D eigenvalue weighted by Crippen LogP contribution is -2.54. The van der Waals surface area contributed by atoms with Crippen LogP contribution in [0.5, 0.6) is 0 Å². The zero-order chi connectivity index (χ0) is 10.7. The number of carbonyl (C=O) groups excluding carboxylic acids is 1. The van der Waals surface area contributed by atoms with E-state index in [4.69, 9.17) is 0 Å². The normalized spacial score (nSPS) is 26.2. The van der Waals surface area contributed by atoms with Crippen molar-refractivity contribution in [2.45, 2.75) is 31.7 Å². The molecule has 1 atom stereocenters. The molecule has 5 nitrogen and oxygen atoms in total. The molecule has 2 heterocycles. The van der Waals surface area contributed by atoms with E-state index < -0.39 is 5.54 Å². The number of amides is 1. The summed E-state index contributed by atoms with van der Waals surface area (Å²) < 4.78 is 3.70. The molecular weight excluding hydrogens is 212 g/mol. The second-order valence-corrected chi connectivity index (χ2v) is 4.74. The third-order valence-corrected chi connectivity index (χ3v) is 3.30. The first-order chi connectivity index (χ1) is 7.21. The van der Waals surface area contributed by atoms with Crippen LogP contribution in [0, 0.1) is 0 Å². The van der Waals surface area contributed by atoms with E-state index in [-0.39, 0.29) is 5.91 Å². The average Bonchev–Trinajstić information content (AvgIpc) is 2.71. The van der Waals surface area contributed by atoms with Crippen molar-refractivity contribution in [2.24, 2.45) is 0 Å². The topological polar surface area (TPSA) is 66.9 Å². The van der Waals surface area contributed by atoms with E-state index in [2.05, 4.69) is 20.2 Å². The summed E-state index contributed by atoms with van der Waals surface area (Å²) in [6.45, 7) is 2.85. The molecule has 0 bridgehead atoms. The minimum Gasteiger partial charge on any atom is -0.313 e. The molecule has 0 radical (unpaired) electrons. The van der Waals surface area contributed by atoms with Crippen molar-refractivity contribution in [1.29, 1.82) is 0 Å². The second kappa shape index (κ2) is 4.24. The monoisotopic (exact) mass is 226 g/mol. The second-order valence-electron chi connectivity index (χ2n) is 3.95. The molecule has 82 valence electrons. The van der Waals surface area contributed by atoms with Gasteiger partial charge in [0.25, 0.3) is 0 Å². The third-order valence-electron chi connectivity index (χ3n) is 2.72. The Kier molecular flexibility index (Phi) is 2.97. The van der Waals surface area contributed by atoms with Crippen molar-refractivity contribution >= 4 is 22.4 Å². The van der Waals surface area contributed by atoms with Crippen LogP contribution < -0.4 is 10.6 Å². The first kappa shape index (κ1) is 10.5. The first-order valence-electron chi connectivity index (χ1n) is 5.04. The summed E-state index contributed by atoms with van der Waals surface area (Å²) in [6, 6.07) is 0. The molecule has 0 spiro atoms. The maximum Gasteiger partial charge on any atom is 0.245 e. The van der Waals surface area contributed by atoms with Crippen LogP contribution in [-0.4, -0.2) is 27.6 Å². The minimum absolute atomic E-state index is 0.00764. The van der Waals surface area contributed by atoms with E-state index in [0.717, 1.165) is 25.8 Å². The molecule has 2 N–H and O–H groups in total. The fourth-order valence-corrected chi connectivity index (χ4v) is 2.14. The zero-order valence-electron chi connectivity index (χ0n) is 8.62. The van der Waals surface area contributed by atoms with Crippen molar-refractivity contribution in [3.8, 4) is 0 Å². The van der Waals surface area contributed by atoms with Crippen molar-refractivity contribution in [2.75, 3.05) is 11.9 Å². The SMILES string of the molecule is CC1(C(=O)Nc2cnns2)CCCCN1. The number of rotatable bonds is 2. The molecule has 1 saturated heterocycles. The lowest BCUT2D eigenvalue weighted by Gasteiger charge is -2.33. The summed E-state index contributed by atoms with van der Waals surface area (Å²) in [6.07, 6.45) is 4.68. The molecule has 0 aliphatic carbocycles. The number of hydrogen-bond donors (Lipinski definition) is 2. The van der Waals surface area contributed by atoms with E-state index in [0.29, 0.717) is 5.00 Å². The molecule has 1 fully saturated rings. The van der Waals surface area contributed by atoms with Gasteiger partial charge in [0.05, 0.1) is 11.7 Å². The molecule has 2 rings (SSSR count). The Hall–Kier alpha value is -1.01. The van der Waals surface area contributed by atoms with Gasteiger partial charge in [0.2, 0.25) is 5.91 Å². The number of nitrogens with one attached hydrogen (secondary N) is 2. The minimum atomic E-state index is -0.442. The molecule has 0 aromatic carbocycles. The van der Waals surface area contributed by atoms with E-state index in [1.807, 2.05) is 6.92 Å². The van der Waals surface area contributed by atoms with E-state index in [1.54, 1.807) is 6.20 Å². The van der Waals surface area contributed by atoms with Gasteiger partial charge in [0, 0.05) is 11.5 Å². The number of aromatic nitrogens is 2. The Morgan fingerprint density at radius 2 is 2.53 bits per heavy atom. The van der Waals surface area contributed by atoms with Gasteiger partial charge in [0.15, 0.2) is 0 Å². The van der Waals surface area contributed by atoms with E-state index in [1.165, 1.54) is 11.5 Å². The Balaban J connectivity index is 2.00. The smallest absolute Gasteiger partial charge is 0.245 e. The highest BCUT2D eigenvalue weighted by Crippen LogP contribution is 2.21. The van der Waals surface area contributed by atoms with Crippen molar-refractivity contribution < 1.29 is 4.79 Å². The van der Waals surface area contributed by atoms with Crippen LogP contribution in [-0.2, 0) is 4.79 Å². The highest BCUT2D eigenvalue weighted by Gasteiger charge is 2.34. The van der Waals surface area contributed by atoms with Crippen LogP contribution >= 0.6 is 11.5 Å². The van der Waals surface area contributed by atoms with Gasteiger partial charge in [-0.25, -0.2) is 0 Å². The molecule has 1 aliphatic rings. The van der Waals surface area contributed by atoms with Gasteiger partial charge in [-0.1, -0.05) is 4.49 Å². The first-order valence-corrected chi connectivity index (χ1v) is 5.82. The van der Waals surface area contributed by atoms with Gasteiger partial charge in [-0.2, -0.15) is 0 Å². The Labute approximate surface area is 92.4 Å². The number of hydrogen-bond acceptors (Lipinski definition) is 5. The molecule has 15 heavy (non-hydrogen) atoms. The van der Waals surface area contributed by atoms with Crippen LogP contribution in [0.1, 0.15) is 26.2 Å². The lowest BCUT2D eigenvalue weighted by molar-refractivity contribution is -0.122. The number of anilines is 1. The number of piperidine rings is 1. The number of carbonyl (C=O) groups is 1. The molecule has 1 aliphatic heterocycles. The van der Waals surface area contributed by atoms with Crippen molar-refractivity contribution in [1.82, 2.24) is 14.9 Å². The highest BCUT2D eigenvalue weighted by molar-refractivity contribution is 7.10. The fraction of sp³-hybridized carbons (Fsp3) is 0.667. The van der Waals surface area contributed by atoms with Gasteiger partial charge < -0.3 is 10.6 Å². The summed E-state index contributed by atoms with van der Waals surface area (Å²) >= 11 is 1.19. The van der Waals surface area contributed by atoms with E-state index >= 15 is 0 Å². The van der Waals surface area contributed by atoms with Gasteiger partial charge in [-0.05, 0) is 32.7 Å². The van der Waals surface area contributed by atoms with Crippen molar-refractivity contribution in [3.63, 3.8) is 0 Å². The summed E-state index contributed by atoms with van der Waals surface area (Å²) in [4.78, 5) is 12.0. The van der Waals surface area contributed by atoms with Gasteiger partial charge >= 0.3 is 0 Å².